The van der Waals surface area contributed by atoms with Crippen LogP contribution in [-0.4, -0.2) is 44.2 Å². The summed E-state index contributed by atoms with van der Waals surface area (Å²) < 4.78 is 0. The Labute approximate surface area is 148 Å². The summed E-state index contributed by atoms with van der Waals surface area (Å²) in [5.74, 6) is 0.237. The van der Waals surface area contributed by atoms with E-state index in [1.807, 2.05) is 0 Å². The van der Waals surface area contributed by atoms with Crippen molar-refractivity contribution in [2.45, 2.75) is 18.9 Å². The lowest BCUT2D eigenvalue weighted by Gasteiger charge is -2.34. The lowest BCUT2D eigenvalue weighted by molar-refractivity contribution is 0.0665. The molecular formula is C15H17Cl2N5O2. The van der Waals surface area contributed by atoms with Gasteiger partial charge in [-0.25, -0.2) is 4.98 Å². The number of nitrogens with one attached hydrogen (secondary N) is 1. The van der Waals surface area contributed by atoms with Gasteiger partial charge in [-0.3, -0.25) is 9.89 Å². The van der Waals surface area contributed by atoms with Crippen molar-refractivity contribution in [2.24, 2.45) is 11.7 Å². The molecule has 0 saturated carbocycles. The number of halogens is 2. The summed E-state index contributed by atoms with van der Waals surface area (Å²) in [7, 11) is 0. The van der Waals surface area contributed by atoms with E-state index in [2.05, 4.69) is 15.2 Å². The molecule has 0 bridgehead atoms. The van der Waals surface area contributed by atoms with Crippen LogP contribution in [0.25, 0.3) is 0 Å². The first-order valence-corrected chi connectivity index (χ1v) is 8.31. The second kappa shape index (κ2) is 6.96. The van der Waals surface area contributed by atoms with Crippen molar-refractivity contribution in [3.05, 3.63) is 39.9 Å². The molecule has 1 fully saturated rings. The van der Waals surface area contributed by atoms with Crippen molar-refractivity contribution < 1.29 is 9.90 Å². The lowest BCUT2D eigenvalue weighted by Crippen LogP contribution is -2.41. The van der Waals surface area contributed by atoms with Crippen molar-refractivity contribution in [1.82, 2.24) is 20.1 Å². The van der Waals surface area contributed by atoms with Gasteiger partial charge in [0, 0.05) is 30.8 Å². The summed E-state index contributed by atoms with van der Waals surface area (Å²) in [5.41, 5.74) is 6.89. The fraction of sp³-hybridized carbons (Fsp3) is 0.400. The number of phenols is 1. The summed E-state index contributed by atoms with van der Waals surface area (Å²) in [6.45, 7) is 1.14. The largest absolute Gasteiger partial charge is 0.508 e. The quantitative estimate of drug-likeness (QED) is 0.769. The van der Waals surface area contributed by atoms with E-state index in [0.29, 0.717) is 23.7 Å². The molecule has 9 heteroatoms. The molecule has 24 heavy (non-hydrogen) atoms. The monoisotopic (exact) mass is 369 g/mol. The number of piperidine rings is 1. The lowest BCUT2D eigenvalue weighted by atomic mass is 9.85. The van der Waals surface area contributed by atoms with Crippen LogP contribution in [0.4, 0.5) is 0 Å². The predicted molar refractivity (Wildman–Crippen MR) is 90.1 cm³/mol. The Bertz CT molecular complexity index is 730. The Morgan fingerprint density at radius 3 is 2.62 bits per heavy atom. The smallest absolute Gasteiger partial charge is 0.291 e. The number of amides is 1. The van der Waals surface area contributed by atoms with E-state index in [1.54, 1.807) is 11.0 Å². The van der Waals surface area contributed by atoms with Crippen LogP contribution in [-0.2, 0) is 0 Å². The molecule has 0 aliphatic carbocycles. The number of carbonyl (C=O) groups is 1. The molecule has 1 amide bonds. The normalized spacial score (nSPS) is 17.0. The molecule has 3 rings (SSSR count). The van der Waals surface area contributed by atoms with Gasteiger partial charge in [0.25, 0.3) is 5.91 Å². The van der Waals surface area contributed by atoms with Gasteiger partial charge in [-0.2, -0.15) is 5.10 Å². The van der Waals surface area contributed by atoms with Crippen LogP contribution in [0, 0.1) is 5.92 Å². The number of aromatic nitrogens is 3. The summed E-state index contributed by atoms with van der Waals surface area (Å²) >= 11 is 11.9. The summed E-state index contributed by atoms with van der Waals surface area (Å²) in [4.78, 5) is 17.8. The van der Waals surface area contributed by atoms with E-state index in [-0.39, 0.29) is 34.5 Å². The minimum atomic E-state index is -0.373. The number of carbonyl (C=O) groups excluding carboxylic acids is 1. The third-order valence-corrected chi connectivity index (χ3v) is 5.10. The van der Waals surface area contributed by atoms with E-state index < -0.39 is 0 Å². The number of aromatic amines is 1. The van der Waals surface area contributed by atoms with Gasteiger partial charge in [0.05, 0.1) is 10.0 Å². The first-order chi connectivity index (χ1) is 11.5. The van der Waals surface area contributed by atoms with Crippen molar-refractivity contribution in [3.63, 3.8) is 0 Å². The predicted octanol–water partition coefficient (Wildman–Crippen LogP) is 2.37. The Morgan fingerprint density at radius 2 is 2.00 bits per heavy atom. The molecular weight excluding hydrogens is 353 g/mol. The first-order valence-electron chi connectivity index (χ1n) is 7.55. The van der Waals surface area contributed by atoms with Gasteiger partial charge in [0.15, 0.2) is 0 Å². The number of phenolic OH excluding ortho intramolecular Hbond substituents is 1. The molecule has 1 aliphatic heterocycles. The number of aromatic hydroxyl groups is 1. The maximum absolute atomic E-state index is 12.2. The number of hydrogen-bond donors (Lipinski definition) is 3. The summed E-state index contributed by atoms with van der Waals surface area (Å²) in [6, 6.07) is 2.64. The summed E-state index contributed by atoms with van der Waals surface area (Å²) in [5, 5.41) is 17.0. The molecule has 1 aliphatic rings. The van der Waals surface area contributed by atoms with E-state index in [1.165, 1.54) is 12.4 Å². The van der Waals surface area contributed by atoms with Gasteiger partial charge in [-0.15, -0.1) is 0 Å². The highest BCUT2D eigenvalue weighted by Gasteiger charge is 2.30. The number of rotatable bonds is 3. The average molecular weight is 370 g/mol. The first kappa shape index (κ1) is 17.0. The van der Waals surface area contributed by atoms with Gasteiger partial charge in [0.1, 0.15) is 12.1 Å². The number of nitrogens with zero attached hydrogens (tertiary/aromatic N) is 3. The standard InChI is InChI=1S/C15H17Cl2N5O2/c16-10-5-9(12(23)6-11(10)17)13(18)8-1-3-22(4-2-8)15(24)14-19-7-20-21-14/h5-8,13,23H,1-4,18H2,(H,19,20,21)/t13-/m1/s1. The molecule has 7 nitrogen and oxygen atoms in total. The molecule has 1 atom stereocenters. The maximum Gasteiger partial charge on any atom is 0.291 e. The molecule has 1 aromatic carbocycles. The Hall–Kier alpha value is -1.83. The molecule has 0 radical (unpaired) electrons. The van der Waals surface area contributed by atoms with Crippen molar-refractivity contribution >= 4 is 29.1 Å². The van der Waals surface area contributed by atoms with Crippen molar-refractivity contribution in [1.29, 1.82) is 0 Å². The number of nitrogens with two attached hydrogens (primary N) is 1. The minimum absolute atomic E-state index is 0.0389. The van der Waals surface area contributed by atoms with Gasteiger partial charge >= 0.3 is 0 Å². The molecule has 0 spiro atoms. The average Bonchev–Trinajstić information content (AvgIpc) is 3.11. The van der Waals surface area contributed by atoms with Gasteiger partial charge < -0.3 is 15.7 Å². The van der Waals surface area contributed by atoms with Crippen molar-refractivity contribution in [3.8, 4) is 5.75 Å². The number of benzene rings is 1. The van der Waals surface area contributed by atoms with Crippen LogP contribution in [0.3, 0.4) is 0 Å². The van der Waals surface area contributed by atoms with E-state index in [0.717, 1.165) is 12.8 Å². The van der Waals surface area contributed by atoms with Gasteiger partial charge in [-0.1, -0.05) is 23.2 Å². The second-order valence-electron chi connectivity index (χ2n) is 5.81. The van der Waals surface area contributed by atoms with E-state index >= 15 is 0 Å². The van der Waals surface area contributed by atoms with Gasteiger partial charge in [-0.05, 0) is 24.8 Å². The number of hydrogen-bond acceptors (Lipinski definition) is 5. The van der Waals surface area contributed by atoms with Crippen LogP contribution in [0.1, 0.15) is 35.1 Å². The SMILES string of the molecule is N[C@@H](c1cc(Cl)c(Cl)cc1O)C1CCN(C(=O)c2ncn[nH]2)CC1. The van der Waals surface area contributed by atoms with E-state index in [9.17, 15) is 9.90 Å². The Kier molecular flexibility index (Phi) is 4.93. The fourth-order valence-corrected chi connectivity index (χ4v) is 3.32. The van der Waals surface area contributed by atoms with Gasteiger partial charge in [0.2, 0.25) is 5.82 Å². The third kappa shape index (κ3) is 3.33. The summed E-state index contributed by atoms with van der Waals surface area (Å²) in [6.07, 6.45) is 2.75. The van der Waals surface area contributed by atoms with Crippen LogP contribution in [0.15, 0.2) is 18.5 Å². The van der Waals surface area contributed by atoms with E-state index in [4.69, 9.17) is 28.9 Å². The fourth-order valence-electron chi connectivity index (χ4n) is 2.99. The second-order valence-corrected chi connectivity index (χ2v) is 6.63. The van der Waals surface area contributed by atoms with Crippen LogP contribution < -0.4 is 5.73 Å². The molecule has 2 heterocycles. The molecule has 1 saturated heterocycles. The zero-order valence-corrected chi connectivity index (χ0v) is 14.3. The highest BCUT2D eigenvalue weighted by molar-refractivity contribution is 6.42. The van der Waals surface area contributed by atoms with Crippen molar-refractivity contribution in [2.75, 3.05) is 13.1 Å². The van der Waals surface area contributed by atoms with Crippen LogP contribution in [0.5, 0.6) is 5.75 Å². The van der Waals surface area contributed by atoms with Crippen LogP contribution in [0.2, 0.25) is 10.0 Å². The zero-order chi connectivity index (χ0) is 17.3. The Morgan fingerprint density at radius 1 is 1.33 bits per heavy atom. The topological polar surface area (TPSA) is 108 Å². The number of H-pyrrole nitrogens is 1. The van der Waals surface area contributed by atoms with Crippen LogP contribution >= 0.6 is 23.2 Å². The Balaban J connectivity index is 1.66. The number of likely N-dealkylation sites (tertiary alicyclic amines) is 1. The molecule has 2 aromatic rings. The maximum atomic E-state index is 12.2. The zero-order valence-electron chi connectivity index (χ0n) is 12.7. The molecule has 0 unspecified atom stereocenters. The molecule has 4 N–H and O–H groups in total. The highest BCUT2D eigenvalue weighted by atomic mass is 35.5. The highest BCUT2D eigenvalue weighted by Crippen LogP contribution is 2.37. The molecule has 128 valence electrons. The third-order valence-electron chi connectivity index (χ3n) is 4.38. The molecule has 1 aromatic heterocycles. The minimum Gasteiger partial charge on any atom is -0.508 e.